The van der Waals surface area contributed by atoms with Gasteiger partial charge < -0.3 is 10.1 Å². The Hall–Kier alpha value is -1.03. The van der Waals surface area contributed by atoms with Gasteiger partial charge in [-0.3, -0.25) is 4.68 Å². The summed E-state index contributed by atoms with van der Waals surface area (Å²) in [6.45, 7) is 11.9. The molecule has 0 aliphatic heterocycles. The summed E-state index contributed by atoms with van der Waals surface area (Å²) >= 11 is 0. The van der Waals surface area contributed by atoms with Crippen molar-refractivity contribution in [2.45, 2.75) is 53.1 Å². The molecule has 0 aliphatic carbocycles. The molecule has 0 aliphatic rings. The molecule has 1 N–H and O–H groups in total. The fourth-order valence-electron chi connectivity index (χ4n) is 2.24. The van der Waals surface area contributed by atoms with Gasteiger partial charge in [0.2, 0.25) is 0 Å². The number of aromatic nitrogens is 2. The molecular weight excluding hydrogens is 226 g/mol. The van der Waals surface area contributed by atoms with Gasteiger partial charge >= 0.3 is 0 Å². The zero-order chi connectivity index (χ0) is 13.7. The maximum atomic E-state index is 5.47. The van der Waals surface area contributed by atoms with Crippen molar-refractivity contribution in [2.75, 3.05) is 13.7 Å². The number of hydrogen-bond donors (Lipinski definition) is 1. The minimum Gasteiger partial charge on any atom is -0.493 e. The van der Waals surface area contributed by atoms with Gasteiger partial charge in [0, 0.05) is 6.04 Å². The van der Waals surface area contributed by atoms with Crippen LogP contribution < -0.4 is 10.1 Å². The second kappa shape index (κ2) is 6.78. The SMILES string of the molecule is CCNC(c1c(OC)cnn1C(C)C)C(C)CC. The fourth-order valence-corrected chi connectivity index (χ4v) is 2.24. The molecular formula is C14H27N3O. The number of ether oxygens (including phenoxy) is 1. The molecule has 1 heterocycles. The number of rotatable bonds is 7. The molecule has 2 atom stereocenters. The van der Waals surface area contributed by atoms with Gasteiger partial charge in [0.25, 0.3) is 0 Å². The van der Waals surface area contributed by atoms with E-state index in [4.69, 9.17) is 4.74 Å². The maximum Gasteiger partial charge on any atom is 0.161 e. The van der Waals surface area contributed by atoms with Crippen LogP contribution in [-0.2, 0) is 0 Å². The third-order valence-corrected chi connectivity index (χ3v) is 3.44. The third kappa shape index (κ3) is 3.05. The zero-order valence-corrected chi connectivity index (χ0v) is 12.5. The van der Waals surface area contributed by atoms with Gasteiger partial charge in [-0.15, -0.1) is 0 Å². The monoisotopic (exact) mass is 253 g/mol. The van der Waals surface area contributed by atoms with Crippen molar-refractivity contribution in [3.8, 4) is 5.75 Å². The highest BCUT2D eigenvalue weighted by Crippen LogP contribution is 2.33. The van der Waals surface area contributed by atoms with E-state index in [0.717, 1.165) is 18.7 Å². The van der Waals surface area contributed by atoms with Crippen LogP contribution >= 0.6 is 0 Å². The lowest BCUT2D eigenvalue weighted by molar-refractivity contribution is 0.329. The van der Waals surface area contributed by atoms with Crippen LogP contribution in [0.2, 0.25) is 0 Å². The average molecular weight is 253 g/mol. The van der Waals surface area contributed by atoms with Crippen LogP contribution in [0.5, 0.6) is 5.75 Å². The largest absolute Gasteiger partial charge is 0.493 e. The Morgan fingerprint density at radius 1 is 1.33 bits per heavy atom. The van der Waals surface area contributed by atoms with Crippen molar-refractivity contribution in [3.63, 3.8) is 0 Å². The molecule has 0 spiro atoms. The second-order valence-electron chi connectivity index (χ2n) is 5.06. The predicted octanol–water partition coefficient (Wildman–Crippen LogP) is 3.17. The average Bonchev–Trinajstić information content (AvgIpc) is 2.78. The first-order valence-corrected chi connectivity index (χ1v) is 6.91. The molecule has 18 heavy (non-hydrogen) atoms. The first kappa shape index (κ1) is 15.0. The number of methoxy groups -OCH3 is 1. The van der Waals surface area contributed by atoms with E-state index in [2.05, 4.69) is 49.7 Å². The lowest BCUT2D eigenvalue weighted by atomic mass is 9.95. The van der Waals surface area contributed by atoms with Gasteiger partial charge in [-0.2, -0.15) is 5.10 Å². The molecule has 4 heteroatoms. The van der Waals surface area contributed by atoms with Crippen LogP contribution in [0.1, 0.15) is 58.8 Å². The minimum absolute atomic E-state index is 0.292. The second-order valence-corrected chi connectivity index (χ2v) is 5.06. The molecule has 0 fully saturated rings. The summed E-state index contributed by atoms with van der Waals surface area (Å²) in [4.78, 5) is 0. The van der Waals surface area contributed by atoms with E-state index in [1.165, 1.54) is 5.69 Å². The van der Waals surface area contributed by atoms with Crippen LogP contribution in [0.3, 0.4) is 0 Å². The molecule has 0 bridgehead atoms. The Balaban J connectivity index is 3.19. The quantitative estimate of drug-likeness (QED) is 0.811. The Morgan fingerprint density at radius 3 is 2.44 bits per heavy atom. The van der Waals surface area contributed by atoms with Gasteiger partial charge in [-0.1, -0.05) is 27.2 Å². The van der Waals surface area contributed by atoms with E-state index >= 15 is 0 Å². The van der Waals surface area contributed by atoms with Crippen LogP contribution in [0, 0.1) is 5.92 Å². The topological polar surface area (TPSA) is 39.1 Å². The summed E-state index contributed by atoms with van der Waals surface area (Å²) in [5.41, 5.74) is 1.17. The van der Waals surface area contributed by atoms with E-state index in [1.807, 2.05) is 6.20 Å². The van der Waals surface area contributed by atoms with E-state index < -0.39 is 0 Å². The van der Waals surface area contributed by atoms with Gasteiger partial charge in [0.05, 0.1) is 25.0 Å². The number of hydrogen-bond acceptors (Lipinski definition) is 3. The van der Waals surface area contributed by atoms with Gasteiger partial charge in [-0.25, -0.2) is 0 Å². The zero-order valence-electron chi connectivity index (χ0n) is 12.5. The Bertz CT molecular complexity index is 360. The van der Waals surface area contributed by atoms with Crippen LogP contribution in [0.4, 0.5) is 0 Å². The van der Waals surface area contributed by atoms with E-state index in [-0.39, 0.29) is 0 Å². The first-order chi connectivity index (χ1) is 8.56. The lowest BCUT2D eigenvalue weighted by Crippen LogP contribution is -2.29. The van der Waals surface area contributed by atoms with E-state index in [9.17, 15) is 0 Å². The first-order valence-electron chi connectivity index (χ1n) is 6.91. The molecule has 2 unspecified atom stereocenters. The Labute approximate surface area is 111 Å². The summed E-state index contributed by atoms with van der Waals surface area (Å²) in [5, 5.41) is 8.02. The molecule has 0 saturated heterocycles. The molecule has 0 amide bonds. The summed E-state index contributed by atoms with van der Waals surface area (Å²) in [6, 6.07) is 0.633. The molecule has 0 saturated carbocycles. The van der Waals surface area contributed by atoms with Crippen LogP contribution in [0.15, 0.2) is 6.20 Å². The van der Waals surface area contributed by atoms with Crippen LogP contribution in [-0.4, -0.2) is 23.4 Å². The predicted molar refractivity (Wildman–Crippen MR) is 75.0 cm³/mol. The molecule has 1 aromatic heterocycles. The lowest BCUT2D eigenvalue weighted by Gasteiger charge is -2.26. The molecule has 4 nitrogen and oxygen atoms in total. The normalized spacial score (nSPS) is 14.8. The maximum absolute atomic E-state index is 5.47. The molecule has 0 aromatic carbocycles. The summed E-state index contributed by atoms with van der Waals surface area (Å²) in [6.07, 6.45) is 2.95. The van der Waals surface area contributed by atoms with Crippen molar-refractivity contribution in [1.29, 1.82) is 0 Å². The van der Waals surface area contributed by atoms with E-state index in [1.54, 1.807) is 7.11 Å². The minimum atomic E-state index is 0.292. The van der Waals surface area contributed by atoms with Crippen molar-refractivity contribution in [3.05, 3.63) is 11.9 Å². The highest BCUT2D eigenvalue weighted by atomic mass is 16.5. The van der Waals surface area contributed by atoms with Gasteiger partial charge in [-0.05, 0) is 26.3 Å². The van der Waals surface area contributed by atoms with Gasteiger partial charge in [0.1, 0.15) is 0 Å². The number of nitrogens with one attached hydrogen (secondary N) is 1. The third-order valence-electron chi connectivity index (χ3n) is 3.44. The number of nitrogens with zero attached hydrogens (tertiary/aromatic N) is 2. The highest BCUT2D eigenvalue weighted by molar-refractivity contribution is 5.29. The van der Waals surface area contributed by atoms with Crippen molar-refractivity contribution < 1.29 is 4.74 Å². The molecule has 1 aromatic rings. The molecule has 0 radical (unpaired) electrons. The smallest absolute Gasteiger partial charge is 0.161 e. The Morgan fingerprint density at radius 2 is 2.00 bits per heavy atom. The van der Waals surface area contributed by atoms with Crippen molar-refractivity contribution in [1.82, 2.24) is 15.1 Å². The van der Waals surface area contributed by atoms with Crippen molar-refractivity contribution in [2.24, 2.45) is 5.92 Å². The highest BCUT2D eigenvalue weighted by Gasteiger charge is 2.26. The summed E-state index contributed by atoms with van der Waals surface area (Å²) in [7, 11) is 1.71. The standard InChI is InChI=1S/C14H27N3O/c1-7-11(5)13(15-8-2)14-12(18-6)9-16-17(14)10(3)4/h9-11,13,15H,7-8H2,1-6H3. The van der Waals surface area contributed by atoms with Crippen molar-refractivity contribution >= 4 is 0 Å². The van der Waals surface area contributed by atoms with Gasteiger partial charge in [0.15, 0.2) is 5.75 Å². The summed E-state index contributed by atoms with van der Waals surface area (Å²) < 4.78 is 7.54. The molecule has 104 valence electrons. The Kier molecular flexibility index (Phi) is 5.66. The van der Waals surface area contributed by atoms with E-state index in [0.29, 0.717) is 18.0 Å². The molecule has 1 rings (SSSR count). The van der Waals surface area contributed by atoms with Crippen LogP contribution in [0.25, 0.3) is 0 Å². The summed E-state index contributed by atoms with van der Waals surface area (Å²) in [5.74, 6) is 1.43. The fraction of sp³-hybridized carbons (Fsp3) is 0.786.